The molecule has 0 fully saturated rings. The fourth-order valence-corrected chi connectivity index (χ4v) is 1.25. The van der Waals surface area contributed by atoms with E-state index in [4.69, 9.17) is 15.9 Å². The fourth-order valence-electron chi connectivity index (χ4n) is 1.25. The molecule has 0 heterocycles. The minimum Gasteiger partial charge on any atom is -0.480 e. The van der Waals surface area contributed by atoms with E-state index in [1.54, 1.807) is 0 Å². The van der Waals surface area contributed by atoms with Crippen LogP contribution in [0, 0.1) is 5.82 Å². The Morgan fingerprint density at radius 3 is 2.50 bits per heavy atom. The molecule has 86 valence electrons. The smallest absolute Gasteiger partial charge is 0.336 e. The first-order chi connectivity index (χ1) is 7.41. The van der Waals surface area contributed by atoms with E-state index in [-0.39, 0.29) is 17.5 Å². The molecule has 5 nitrogen and oxygen atoms in total. The number of carboxylic acid groups (broad SMARTS) is 2. The maximum Gasteiger partial charge on any atom is 0.336 e. The number of aliphatic carboxylic acids is 1. The Hall–Kier alpha value is -1.95. The minimum absolute atomic E-state index is 0.156. The van der Waals surface area contributed by atoms with E-state index in [1.807, 2.05) is 0 Å². The van der Waals surface area contributed by atoms with Crippen LogP contribution in [0.5, 0.6) is 0 Å². The maximum atomic E-state index is 12.8. The zero-order valence-electron chi connectivity index (χ0n) is 8.18. The largest absolute Gasteiger partial charge is 0.480 e. The monoisotopic (exact) mass is 227 g/mol. The molecule has 0 aliphatic rings. The van der Waals surface area contributed by atoms with Gasteiger partial charge in [0.15, 0.2) is 0 Å². The van der Waals surface area contributed by atoms with Crippen molar-refractivity contribution >= 4 is 11.9 Å². The molecule has 0 saturated carbocycles. The lowest BCUT2D eigenvalue weighted by molar-refractivity contribution is -0.138. The Labute approximate surface area is 90.3 Å². The van der Waals surface area contributed by atoms with Crippen LogP contribution in [0.25, 0.3) is 0 Å². The molecule has 0 radical (unpaired) electrons. The van der Waals surface area contributed by atoms with Gasteiger partial charge in [0.1, 0.15) is 11.9 Å². The highest BCUT2D eigenvalue weighted by atomic mass is 19.1. The van der Waals surface area contributed by atoms with Crippen molar-refractivity contribution in [3.05, 3.63) is 35.1 Å². The number of halogens is 1. The van der Waals surface area contributed by atoms with Crippen molar-refractivity contribution < 1.29 is 24.2 Å². The standard InChI is InChI=1S/C10H10FNO4/c11-6-2-1-5(3-8(12)10(15)16)7(4-6)9(13)14/h1-2,4,8H,3,12H2,(H,13,14)(H,15,16). The summed E-state index contributed by atoms with van der Waals surface area (Å²) >= 11 is 0. The Morgan fingerprint density at radius 1 is 1.38 bits per heavy atom. The summed E-state index contributed by atoms with van der Waals surface area (Å²) in [6.07, 6.45) is -0.156. The lowest BCUT2D eigenvalue weighted by Gasteiger charge is -2.09. The van der Waals surface area contributed by atoms with Crippen LogP contribution in [0.2, 0.25) is 0 Å². The van der Waals surface area contributed by atoms with E-state index in [2.05, 4.69) is 0 Å². The number of carbonyl (C=O) groups is 2. The number of hydrogen-bond donors (Lipinski definition) is 3. The molecule has 0 aliphatic carbocycles. The van der Waals surface area contributed by atoms with Crippen LogP contribution in [0.15, 0.2) is 18.2 Å². The Morgan fingerprint density at radius 2 is 2.00 bits per heavy atom. The highest BCUT2D eigenvalue weighted by Crippen LogP contribution is 2.13. The van der Waals surface area contributed by atoms with E-state index in [1.165, 1.54) is 6.07 Å². The van der Waals surface area contributed by atoms with Gasteiger partial charge >= 0.3 is 11.9 Å². The summed E-state index contributed by atoms with van der Waals surface area (Å²) < 4.78 is 12.8. The molecule has 0 saturated heterocycles. The molecule has 0 aliphatic heterocycles. The van der Waals surface area contributed by atoms with Crippen molar-refractivity contribution in [2.75, 3.05) is 0 Å². The molecule has 0 bridgehead atoms. The second-order valence-electron chi connectivity index (χ2n) is 3.26. The Kier molecular flexibility index (Phi) is 3.57. The predicted octanol–water partition coefficient (Wildman–Crippen LogP) is 0.478. The minimum atomic E-state index is -1.31. The summed E-state index contributed by atoms with van der Waals surface area (Å²) in [5.74, 6) is -3.24. The van der Waals surface area contributed by atoms with Crippen LogP contribution in [-0.4, -0.2) is 28.2 Å². The maximum absolute atomic E-state index is 12.8. The van der Waals surface area contributed by atoms with Crippen molar-refractivity contribution in [1.82, 2.24) is 0 Å². The topological polar surface area (TPSA) is 101 Å². The molecule has 0 aromatic heterocycles. The van der Waals surface area contributed by atoms with Crippen LogP contribution in [0.3, 0.4) is 0 Å². The Balaban J connectivity index is 3.04. The molecule has 4 N–H and O–H groups in total. The van der Waals surface area contributed by atoms with Crippen LogP contribution in [0.1, 0.15) is 15.9 Å². The van der Waals surface area contributed by atoms with Crippen molar-refractivity contribution in [3.8, 4) is 0 Å². The van der Waals surface area contributed by atoms with Crippen molar-refractivity contribution in [2.24, 2.45) is 5.73 Å². The van der Waals surface area contributed by atoms with Gasteiger partial charge in [-0.3, -0.25) is 4.79 Å². The van der Waals surface area contributed by atoms with E-state index in [0.29, 0.717) is 0 Å². The van der Waals surface area contributed by atoms with E-state index in [9.17, 15) is 14.0 Å². The van der Waals surface area contributed by atoms with Crippen molar-refractivity contribution in [2.45, 2.75) is 12.5 Å². The zero-order valence-corrected chi connectivity index (χ0v) is 8.18. The van der Waals surface area contributed by atoms with Crippen LogP contribution in [-0.2, 0) is 11.2 Å². The normalized spacial score (nSPS) is 12.1. The highest BCUT2D eigenvalue weighted by molar-refractivity contribution is 5.89. The summed E-state index contributed by atoms with van der Waals surface area (Å²) in [6, 6.07) is 1.92. The number of benzene rings is 1. The first kappa shape index (κ1) is 12.1. The molecule has 16 heavy (non-hydrogen) atoms. The predicted molar refractivity (Wildman–Crippen MR) is 52.7 cm³/mol. The third-order valence-electron chi connectivity index (χ3n) is 2.06. The van der Waals surface area contributed by atoms with Gasteiger partial charge in [-0.1, -0.05) is 6.07 Å². The number of aromatic carboxylic acids is 1. The first-order valence-corrected chi connectivity index (χ1v) is 4.42. The summed E-state index contributed by atoms with van der Waals surface area (Å²) in [5, 5.41) is 17.4. The number of rotatable bonds is 4. The Bertz CT molecular complexity index is 433. The van der Waals surface area contributed by atoms with Crippen LogP contribution >= 0.6 is 0 Å². The summed E-state index contributed by atoms with van der Waals surface area (Å²) in [7, 11) is 0. The lowest BCUT2D eigenvalue weighted by Crippen LogP contribution is -2.32. The SMILES string of the molecule is NC(Cc1ccc(F)cc1C(=O)O)C(=O)O. The van der Waals surface area contributed by atoms with Gasteiger partial charge in [0, 0.05) is 0 Å². The van der Waals surface area contributed by atoms with Gasteiger partial charge in [-0.05, 0) is 24.1 Å². The lowest BCUT2D eigenvalue weighted by atomic mass is 10.0. The van der Waals surface area contributed by atoms with Crippen LogP contribution < -0.4 is 5.73 Å². The van der Waals surface area contributed by atoms with Gasteiger partial charge in [-0.2, -0.15) is 0 Å². The average molecular weight is 227 g/mol. The molecule has 6 heteroatoms. The first-order valence-electron chi connectivity index (χ1n) is 4.42. The summed E-state index contributed by atoms with van der Waals surface area (Å²) in [6.45, 7) is 0. The van der Waals surface area contributed by atoms with Gasteiger partial charge in [0.2, 0.25) is 0 Å². The van der Waals surface area contributed by atoms with Gasteiger partial charge in [0.25, 0.3) is 0 Å². The molecule has 1 atom stereocenters. The molecular weight excluding hydrogens is 217 g/mol. The molecule has 1 rings (SSSR count). The van der Waals surface area contributed by atoms with E-state index in [0.717, 1.165) is 12.1 Å². The van der Waals surface area contributed by atoms with Gasteiger partial charge in [-0.25, -0.2) is 9.18 Å². The summed E-state index contributed by atoms with van der Waals surface area (Å²) in [4.78, 5) is 21.3. The molecule has 1 aromatic rings. The average Bonchev–Trinajstić information content (AvgIpc) is 2.20. The number of carboxylic acids is 2. The molecular formula is C10H10FNO4. The van der Waals surface area contributed by atoms with E-state index >= 15 is 0 Å². The molecule has 1 unspecified atom stereocenters. The second kappa shape index (κ2) is 4.71. The fraction of sp³-hybridized carbons (Fsp3) is 0.200. The van der Waals surface area contributed by atoms with Crippen molar-refractivity contribution in [3.63, 3.8) is 0 Å². The number of hydrogen-bond acceptors (Lipinski definition) is 3. The third kappa shape index (κ3) is 2.77. The zero-order chi connectivity index (χ0) is 12.3. The van der Waals surface area contributed by atoms with Gasteiger partial charge in [-0.15, -0.1) is 0 Å². The third-order valence-corrected chi connectivity index (χ3v) is 2.06. The molecule has 1 aromatic carbocycles. The van der Waals surface area contributed by atoms with Crippen LogP contribution in [0.4, 0.5) is 4.39 Å². The second-order valence-corrected chi connectivity index (χ2v) is 3.26. The summed E-state index contributed by atoms with van der Waals surface area (Å²) in [5.41, 5.74) is 5.20. The quantitative estimate of drug-likeness (QED) is 0.694. The van der Waals surface area contributed by atoms with E-state index < -0.39 is 23.8 Å². The molecule has 0 amide bonds. The van der Waals surface area contributed by atoms with Gasteiger partial charge in [0.05, 0.1) is 5.56 Å². The highest BCUT2D eigenvalue weighted by Gasteiger charge is 2.17. The number of nitrogens with two attached hydrogens (primary N) is 1. The molecule has 0 spiro atoms. The van der Waals surface area contributed by atoms with Crippen molar-refractivity contribution in [1.29, 1.82) is 0 Å². The van der Waals surface area contributed by atoms with Gasteiger partial charge < -0.3 is 15.9 Å².